The second-order valence-electron chi connectivity index (χ2n) is 6.03. The van der Waals surface area contributed by atoms with Crippen molar-refractivity contribution >= 4 is 33.7 Å². The molecule has 9 heteroatoms. The molecule has 0 radical (unpaired) electrons. The molecule has 1 aromatic rings. The fraction of sp³-hybridized carbons (Fsp3) is 0.500. The lowest BCUT2D eigenvalue weighted by atomic mass is 10.1. The zero-order valence-corrected chi connectivity index (χ0v) is 15.8. The van der Waals surface area contributed by atoms with E-state index < -0.39 is 21.2 Å². The molecular formula is C16H22N2O5S2. The number of amides is 1. The van der Waals surface area contributed by atoms with Crippen LogP contribution in [0.2, 0.25) is 0 Å². The highest BCUT2D eigenvalue weighted by molar-refractivity contribution is 8.00. The van der Waals surface area contributed by atoms with Crippen LogP contribution in [0.5, 0.6) is 0 Å². The fourth-order valence-corrected chi connectivity index (χ4v) is 4.46. The first-order valence-electron chi connectivity index (χ1n) is 7.93. The van der Waals surface area contributed by atoms with Gasteiger partial charge in [0, 0.05) is 24.0 Å². The molecule has 1 saturated heterocycles. The van der Waals surface area contributed by atoms with Crippen molar-refractivity contribution in [3.05, 3.63) is 29.8 Å². The Kier molecular flexibility index (Phi) is 6.47. The Bertz CT molecular complexity index is 751. The van der Waals surface area contributed by atoms with Crippen molar-refractivity contribution < 1.29 is 23.1 Å². The lowest BCUT2D eigenvalue weighted by Gasteiger charge is -2.31. The van der Waals surface area contributed by atoms with Crippen LogP contribution in [0, 0.1) is 0 Å². The summed E-state index contributed by atoms with van der Waals surface area (Å²) < 4.78 is 24.7. The van der Waals surface area contributed by atoms with Gasteiger partial charge in [-0.1, -0.05) is 12.1 Å². The average molecular weight is 386 g/mol. The lowest BCUT2D eigenvalue weighted by Crippen LogP contribution is -2.49. The predicted molar refractivity (Wildman–Crippen MR) is 96.3 cm³/mol. The van der Waals surface area contributed by atoms with E-state index in [0.717, 1.165) is 18.0 Å². The van der Waals surface area contributed by atoms with Gasteiger partial charge in [0.25, 0.3) is 5.91 Å². The van der Waals surface area contributed by atoms with Crippen molar-refractivity contribution in [3.8, 4) is 0 Å². The molecule has 7 nitrogen and oxygen atoms in total. The Hall–Kier alpha value is -1.58. The fourth-order valence-electron chi connectivity index (χ4n) is 2.62. The molecule has 1 fully saturated rings. The monoisotopic (exact) mass is 386 g/mol. The molecule has 2 unspecified atom stereocenters. The summed E-state index contributed by atoms with van der Waals surface area (Å²) in [5.41, 5.74) is 0.400. The number of hydrogen-bond donors (Lipinski definition) is 2. The maximum Gasteiger partial charge on any atom is 0.316 e. The topological polar surface area (TPSA) is 104 Å². The Morgan fingerprint density at radius 1 is 1.36 bits per heavy atom. The van der Waals surface area contributed by atoms with Crippen LogP contribution in [0.15, 0.2) is 29.2 Å². The van der Waals surface area contributed by atoms with E-state index in [0.29, 0.717) is 29.8 Å². The predicted octanol–water partition coefficient (Wildman–Crippen LogP) is 1.41. The van der Waals surface area contributed by atoms with Crippen LogP contribution in [0.1, 0.15) is 30.1 Å². The number of nitrogens with one attached hydrogen (secondary N) is 1. The molecule has 0 aromatic heterocycles. The molecule has 1 amide bonds. The highest BCUT2D eigenvalue weighted by Gasteiger charge is 2.27. The summed E-state index contributed by atoms with van der Waals surface area (Å²) in [7, 11) is -3.28. The molecule has 1 aliphatic heterocycles. The molecule has 1 heterocycles. The van der Waals surface area contributed by atoms with Crippen LogP contribution < -0.4 is 5.32 Å². The van der Waals surface area contributed by atoms with E-state index in [9.17, 15) is 18.0 Å². The second-order valence-corrected chi connectivity index (χ2v) is 9.39. The van der Waals surface area contributed by atoms with E-state index in [1.807, 2.05) is 0 Å². The Morgan fingerprint density at radius 2 is 2.04 bits per heavy atom. The molecule has 0 spiro atoms. The largest absolute Gasteiger partial charge is 0.480 e. The van der Waals surface area contributed by atoms with Crippen LogP contribution in [-0.4, -0.2) is 60.3 Å². The number of benzene rings is 1. The Balaban J connectivity index is 2.09. The third kappa shape index (κ3) is 5.45. The highest BCUT2D eigenvalue weighted by atomic mass is 32.2. The van der Waals surface area contributed by atoms with E-state index in [1.54, 1.807) is 31.2 Å². The smallest absolute Gasteiger partial charge is 0.316 e. The summed E-state index contributed by atoms with van der Waals surface area (Å²) in [6.45, 7) is 2.28. The molecule has 138 valence electrons. The quantitative estimate of drug-likeness (QED) is 0.717. The Labute approximate surface area is 151 Å². The van der Waals surface area contributed by atoms with Crippen LogP contribution >= 0.6 is 11.8 Å². The van der Waals surface area contributed by atoms with Gasteiger partial charge in [-0.05, 0) is 31.9 Å². The zero-order valence-electron chi connectivity index (χ0n) is 14.1. The number of piperidine rings is 1. The molecule has 2 N–H and O–H groups in total. The van der Waals surface area contributed by atoms with E-state index in [-0.39, 0.29) is 18.5 Å². The standard InChI is InChI=1S/C16H22N2O5S2/c1-11(16(20)21)24-14-8-4-3-7-13(14)15(19)17-12-6-5-9-18(10-12)25(2,22)23/h3-4,7-8,11-12H,5-6,9-10H2,1-2H3,(H,17,19)(H,20,21). The SMILES string of the molecule is CC(Sc1ccccc1C(=O)NC1CCCN(S(C)(=O)=O)C1)C(=O)O. The maximum atomic E-state index is 12.6. The minimum Gasteiger partial charge on any atom is -0.480 e. The van der Waals surface area contributed by atoms with Gasteiger partial charge in [-0.3, -0.25) is 9.59 Å². The number of carboxylic acids is 1. The van der Waals surface area contributed by atoms with E-state index >= 15 is 0 Å². The Morgan fingerprint density at radius 3 is 2.68 bits per heavy atom. The number of carbonyl (C=O) groups is 2. The van der Waals surface area contributed by atoms with Gasteiger partial charge in [0.05, 0.1) is 11.8 Å². The number of aliphatic carboxylic acids is 1. The van der Waals surface area contributed by atoms with Crippen LogP contribution in [0.4, 0.5) is 0 Å². The van der Waals surface area contributed by atoms with Gasteiger partial charge in [-0.2, -0.15) is 0 Å². The number of thioether (sulfide) groups is 1. The average Bonchev–Trinajstić information content (AvgIpc) is 2.54. The summed E-state index contributed by atoms with van der Waals surface area (Å²) in [5, 5.41) is 11.3. The molecule has 1 aliphatic rings. The number of nitrogens with zero attached hydrogens (tertiary/aromatic N) is 1. The number of carboxylic acid groups (broad SMARTS) is 1. The van der Waals surface area contributed by atoms with Crippen molar-refractivity contribution in [1.82, 2.24) is 9.62 Å². The molecule has 25 heavy (non-hydrogen) atoms. The van der Waals surface area contributed by atoms with Gasteiger partial charge < -0.3 is 10.4 Å². The van der Waals surface area contributed by atoms with Crippen molar-refractivity contribution in [3.63, 3.8) is 0 Å². The molecule has 2 rings (SSSR count). The summed E-state index contributed by atoms with van der Waals surface area (Å²) in [4.78, 5) is 24.2. The van der Waals surface area contributed by atoms with E-state index in [2.05, 4.69) is 5.32 Å². The van der Waals surface area contributed by atoms with E-state index in [4.69, 9.17) is 5.11 Å². The normalized spacial score (nSPS) is 20.0. The van der Waals surface area contributed by atoms with Gasteiger partial charge in [0.1, 0.15) is 5.25 Å². The van der Waals surface area contributed by atoms with Crippen LogP contribution in [-0.2, 0) is 14.8 Å². The van der Waals surface area contributed by atoms with Crippen LogP contribution in [0.25, 0.3) is 0 Å². The van der Waals surface area contributed by atoms with Gasteiger partial charge >= 0.3 is 5.97 Å². The molecular weight excluding hydrogens is 364 g/mol. The second kappa shape index (κ2) is 8.20. The molecule has 2 atom stereocenters. The first-order chi connectivity index (χ1) is 11.7. The van der Waals surface area contributed by atoms with Crippen molar-refractivity contribution in [2.24, 2.45) is 0 Å². The first kappa shape index (κ1) is 19.7. The van der Waals surface area contributed by atoms with Crippen molar-refractivity contribution in [1.29, 1.82) is 0 Å². The zero-order chi connectivity index (χ0) is 18.6. The van der Waals surface area contributed by atoms with E-state index in [1.165, 1.54) is 4.31 Å². The molecule has 0 aliphatic carbocycles. The van der Waals surface area contributed by atoms with Gasteiger partial charge in [-0.15, -0.1) is 11.8 Å². The first-order valence-corrected chi connectivity index (χ1v) is 10.7. The van der Waals surface area contributed by atoms with Crippen molar-refractivity contribution in [2.45, 2.75) is 36.0 Å². The third-order valence-electron chi connectivity index (χ3n) is 3.97. The molecule has 1 aromatic carbocycles. The highest BCUT2D eigenvalue weighted by Crippen LogP contribution is 2.27. The van der Waals surface area contributed by atoms with Crippen LogP contribution in [0.3, 0.4) is 0 Å². The summed E-state index contributed by atoms with van der Waals surface area (Å²) in [5.74, 6) is -1.27. The number of rotatable bonds is 6. The van der Waals surface area contributed by atoms with Gasteiger partial charge in [-0.25, -0.2) is 12.7 Å². The number of hydrogen-bond acceptors (Lipinski definition) is 5. The number of sulfonamides is 1. The summed E-state index contributed by atoms with van der Waals surface area (Å²) >= 11 is 1.11. The third-order valence-corrected chi connectivity index (χ3v) is 6.41. The minimum atomic E-state index is -3.28. The molecule has 0 saturated carbocycles. The molecule has 0 bridgehead atoms. The summed E-state index contributed by atoms with van der Waals surface area (Å²) in [6, 6.07) is 6.56. The van der Waals surface area contributed by atoms with Gasteiger partial charge in [0.2, 0.25) is 10.0 Å². The van der Waals surface area contributed by atoms with Crippen molar-refractivity contribution in [2.75, 3.05) is 19.3 Å². The minimum absolute atomic E-state index is 0.255. The number of carbonyl (C=O) groups excluding carboxylic acids is 1. The van der Waals surface area contributed by atoms with Gasteiger partial charge in [0.15, 0.2) is 0 Å². The maximum absolute atomic E-state index is 12.6. The lowest BCUT2D eigenvalue weighted by molar-refractivity contribution is -0.136. The summed E-state index contributed by atoms with van der Waals surface area (Å²) in [6.07, 6.45) is 2.56.